The van der Waals surface area contributed by atoms with E-state index in [0.717, 1.165) is 0 Å². The summed E-state index contributed by atoms with van der Waals surface area (Å²) in [5, 5.41) is 0. The molecule has 0 amide bonds. The van der Waals surface area contributed by atoms with Crippen molar-refractivity contribution in [1.82, 2.24) is 0 Å². The summed E-state index contributed by atoms with van der Waals surface area (Å²) in [6.45, 7) is 1.07. The van der Waals surface area contributed by atoms with Gasteiger partial charge in [0, 0.05) is 0 Å². The molecule has 0 unspecified atom stereocenters. The first-order chi connectivity index (χ1) is 3.79. The van der Waals surface area contributed by atoms with Crippen LogP contribution >= 0.6 is 8.25 Å². The molecule has 1 fully saturated rings. The number of hydrogen-bond acceptors (Lipinski definition) is 3. The van der Waals surface area contributed by atoms with Crippen molar-refractivity contribution in [2.75, 3.05) is 13.2 Å². The summed E-state index contributed by atoms with van der Waals surface area (Å²) in [5.41, 5.74) is 0. The Morgan fingerprint density at radius 3 is 2.38 bits per heavy atom. The molecular formula is C3H5AsO3P+. The van der Waals surface area contributed by atoms with Crippen LogP contribution in [-0.2, 0) is 13.6 Å². The van der Waals surface area contributed by atoms with Gasteiger partial charge in [-0.1, -0.05) is 0 Å². The molecule has 5 heteroatoms. The van der Waals surface area contributed by atoms with E-state index in [9.17, 15) is 4.57 Å². The Balaban J connectivity index is 2.29. The van der Waals surface area contributed by atoms with Crippen molar-refractivity contribution in [3.63, 3.8) is 0 Å². The first-order valence-corrected chi connectivity index (χ1v) is 4.38. The van der Waals surface area contributed by atoms with E-state index in [4.69, 9.17) is 0 Å². The molecule has 0 aromatic heterocycles. The molecule has 0 spiro atoms. The monoisotopic (exact) mass is 195 g/mol. The van der Waals surface area contributed by atoms with E-state index >= 15 is 0 Å². The van der Waals surface area contributed by atoms with E-state index in [-0.39, 0.29) is 0 Å². The topological polar surface area (TPSA) is 35.5 Å². The van der Waals surface area contributed by atoms with Crippen molar-refractivity contribution >= 4 is 25.1 Å². The first-order valence-electron chi connectivity index (χ1n) is 2.20. The van der Waals surface area contributed by atoms with Gasteiger partial charge in [0.1, 0.15) is 0 Å². The molecule has 1 aliphatic heterocycles. The second-order valence-corrected chi connectivity index (χ2v) is 3.96. The van der Waals surface area contributed by atoms with Crippen LogP contribution in [0.15, 0.2) is 0 Å². The molecule has 0 N–H and O–H groups in total. The minimum absolute atomic E-state index is 0.329. The molecule has 1 heterocycles. The van der Waals surface area contributed by atoms with Crippen LogP contribution in [-0.4, -0.2) is 30.1 Å². The summed E-state index contributed by atoms with van der Waals surface area (Å²) >= 11 is 2.40. The fraction of sp³-hybridized carbons (Fsp3) is 1.00. The molecule has 44 valence electrons. The fourth-order valence-electron chi connectivity index (χ4n) is 0.379. The minimum atomic E-state index is -1.78. The second-order valence-electron chi connectivity index (χ2n) is 1.47. The molecule has 1 saturated heterocycles. The summed E-state index contributed by atoms with van der Waals surface area (Å²) in [7, 11) is -1.78. The SMILES string of the molecule is O=[P+]1OCC([As])CO1. The van der Waals surface area contributed by atoms with Gasteiger partial charge in [0.15, 0.2) is 0 Å². The van der Waals surface area contributed by atoms with Crippen LogP contribution in [0, 0.1) is 0 Å². The van der Waals surface area contributed by atoms with E-state index in [1.807, 2.05) is 0 Å². The molecule has 0 bridgehead atoms. The van der Waals surface area contributed by atoms with E-state index < -0.39 is 8.25 Å². The van der Waals surface area contributed by atoms with Crippen LogP contribution in [0.4, 0.5) is 0 Å². The maximum atomic E-state index is 10.3. The Bertz CT molecular complexity index is 96.7. The van der Waals surface area contributed by atoms with Gasteiger partial charge in [0.2, 0.25) is 0 Å². The van der Waals surface area contributed by atoms with E-state index in [0.29, 0.717) is 17.9 Å². The molecule has 0 atom stereocenters. The predicted molar refractivity (Wildman–Crippen MR) is 29.0 cm³/mol. The van der Waals surface area contributed by atoms with Gasteiger partial charge >= 0.3 is 56.6 Å². The van der Waals surface area contributed by atoms with E-state index in [2.05, 4.69) is 25.9 Å². The van der Waals surface area contributed by atoms with Crippen LogP contribution in [0.25, 0.3) is 0 Å². The van der Waals surface area contributed by atoms with Gasteiger partial charge in [0.05, 0.1) is 0 Å². The molecule has 0 saturated carbocycles. The van der Waals surface area contributed by atoms with Crippen molar-refractivity contribution in [2.24, 2.45) is 0 Å². The quantitative estimate of drug-likeness (QED) is 0.420. The van der Waals surface area contributed by atoms with Crippen molar-refractivity contribution < 1.29 is 13.6 Å². The van der Waals surface area contributed by atoms with Crippen molar-refractivity contribution in [3.8, 4) is 0 Å². The normalized spacial score (nSPS) is 35.1. The molecule has 3 nitrogen and oxygen atoms in total. The van der Waals surface area contributed by atoms with Gasteiger partial charge in [-0.3, -0.25) is 0 Å². The zero-order chi connectivity index (χ0) is 5.98. The molecule has 0 aromatic rings. The van der Waals surface area contributed by atoms with Gasteiger partial charge in [-0.05, 0) is 0 Å². The summed E-state index contributed by atoms with van der Waals surface area (Å²) < 4.78 is 20.0. The summed E-state index contributed by atoms with van der Waals surface area (Å²) in [4.78, 5) is 0. The van der Waals surface area contributed by atoms with Crippen LogP contribution in [0.1, 0.15) is 0 Å². The zero-order valence-electron chi connectivity index (χ0n) is 4.11. The molecule has 8 heavy (non-hydrogen) atoms. The molecular weight excluding hydrogens is 190 g/mol. The van der Waals surface area contributed by atoms with Gasteiger partial charge in [-0.25, -0.2) is 0 Å². The Morgan fingerprint density at radius 2 is 2.00 bits per heavy atom. The fourth-order valence-corrected chi connectivity index (χ4v) is 1.88. The molecule has 1 aliphatic rings. The number of hydrogen-bond donors (Lipinski definition) is 0. The third-order valence-electron chi connectivity index (χ3n) is 0.745. The van der Waals surface area contributed by atoms with Crippen molar-refractivity contribution in [3.05, 3.63) is 0 Å². The Labute approximate surface area is 57.2 Å². The van der Waals surface area contributed by atoms with Crippen LogP contribution in [0.5, 0.6) is 0 Å². The zero-order valence-corrected chi connectivity index (χ0v) is 6.88. The van der Waals surface area contributed by atoms with Crippen LogP contribution < -0.4 is 0 Å². The number of rotatable bonds is 0. The third kappa shape index (κ3) is 1.83. The van der Waals surface area contributed by atoms with Crippen molar-refractivity contribution in [1.29, 1.82) is 0 Å². The Morgan fingerprint density at radius 1 is 1.50 bits per heavy atom. The molecule has 2 radical (unpaired) electrons. The van der Waals surface area contributed by atoms with Crippen LogP contribution in [0.3, 0.4) is 0 Å². The molecule has 0 aromatic carbocycles. The van der Waals surface area contributed by atoms with Gasteiger partial charge in [0.25, 0.3) is 0 Å². The summed E-state index contributed by atoms with van der Waals surface area (Å²) in [6, 6.07) is 0. The molecule has 0 aliphatic carbocycles. The van der Waals surface area contributed by atoms with Crippen LogP contribution in [0.2, 0.25) is 4.71 Å². The molecule has 1 rings (SSSR count). The maximum absolute atomic E-state index is 10.3. The Hall–Kier alpha value is 0.578. The summed E-state index contributed by atoms with van der Waals surface area (Å²) in [6.07, 6.45) is 0. The van der Waals surface area contributed by atoms with E-state index in [1.165, 1.54) is 0 Å². The Kier molecular flexibility index (Phi) is 2.45. The third-order valence-corrected chi connectivity index (χ3v) is 2.09. The average Bonchev–Trinajstić information content (AvgIpc) is 1.77. The van der Waals surface area contributed by atoms with Gasteiger partial charge in [-0.15, -0.1) is 0 Å². The van der Waals surface area contributed by atoms with Gasteiger partial charge in [-0.2, -0.15) is 0 Å². The second kappa shape index (κ2) is 2.93. The standard InChI is InChI=1S/C3H5AsO3P/c4-3-1-6-8(5)7-2-3/h3H,1-2H2/q+1. The van der Waals surface area contributed by atoms with Gasteiger partial charge < -0.3 is 0 Å². The van der Waals surface area contributed by atoms with Crippen molar-refractivity contribution in [2.45, 2.75) is 4.71 Å². The summed E-state index contributed by atoms with van der Waals surface area (Å²) in [5.74, 6) is 0. The predicted octanol–water partition coefficient (Wildman–Crippen LogP) is 0.648. The first kappa shape index (κ1) is 6.70. The van der Waals surface area contributed by atoms with E-state index in [1.54, 1.807) is 0 Å². The average molecular weight is 195 g/mol.